The third kappa shape index (κ3) is 4.97. The SMILES string of the molecule is O=S(=O)(Cl)CI. The van der Waals surface area contributed by atoms with Gasteiger partial charge in [0.25, 0.3) is 0 Å². The minimum absolute atomic E-state index is 0.0215. The first kappa shape index (κ1) is 6.97. The smallest absolute Gasteiger partial charge is 0.211 e. The van der Waals surface area contributed by atoms with Gasteiger partial charge in [0, 0.05) is 10.7 Å². The van der Waals surface area contributed by atoms with E-state index in [2.05, 4.69) is 10.7 Å². The van der Waals surface area contributed by atoms with E-state index in [9.17, 15) is 8.42 Å². The number of hydrogen-bond acceptors (Lipinski definition) is 2. The molecular weight excluding hydrogens is 238 g/mol. The summed E-state index contributed by atoms with van der Waals surface area (Å²) in [6, 6.07) is 0. The lowest BCUT2D eigenvalue weighted by atomic mass is 12.0. The Labute approximate surface area is 54.4 Å². The van der Waals surface area contributed by atoms with Gasteiger partial charge in [-0.15, -0.1) is 0 Å². The van der Waals surface area contributed by atoms with Gasteiger partial charge in [0.05, 0.1) is 0 Å². The topological polar surface area (TPSA) is 34.1 Å². The fourth-order valence-electron chi connectivity index (χ4n) is 0. The third-order valence-corrected chi connectivity index (χ3v) is 4.28. The quantitative estimate of drug-likeness (QED) is 0.388. The highest BCUT2D eigenvalue weighted by Gasteiger charge is 1.96. The van der Waals surface area contributed by atoms with Gasteiger partial charge in [-0.3, -0.25) is 0 Å². The van der Waals surface area contributed by atoms with Gasteiger partial charge in [0.2, 0.25) is 9.05 Å². The van der Waals surface area contributed by atoms with Crippen molar-refractivity contribution in [3.63, 3.8) is 0 Å². The van der Waals surface area contributed by atoms with E-state index >= 15 is 0 Å². The molecule has 0 saturated carbocycles. The maximum Gasteiger partial charge on any atom is 0.241 e. The Kier molecular flexibility index (Phi) is 2.70. The van der Waals surface area contributed by atoms with E-state index in [-0.39, 0.29) is 3.76 Å². The first-order chi connectivity index (χ1) is 2.56. The van der Waals surface area contributed by atoms with Crippen molar-refractivity contribution >= 4 is 42.3 Å². The largest absolute Gasteiger partial charge is 0.241 e. The Balaban J connectivity index is 3.85. The molecule has 0 bridgehead atoms. The van der Waals surface area contributed by atoms with Gasteiger partial charge >= 0.3 is 0 Å². The van der Waals surface area contributed by atoms with Gasteiger partial charge in [-0.05, 0) is 0 Å². The Hall–Kier alpha value is 0.970. The monoisotopic (exact) mass is 240 g/mol. The van der Waals surface area contributed by atoms with Crippen molar-refractivity contribution in [2.45, 2.75) is 0 Å². The normalized spacial score (nSPS) is 11.7. The average molecular weight is 240 g/mol. The summed E-state index contributed by atoms with van der Waals surface area (Å²) < 4.78 is 19.5. The standard InChI is InChI=1S/CH2ClIO2S/c2-6(4,5)1-3/h1H2. The summed E-state index contributed by atoms with van der Waals surface area (Å²) in [5.74, 6) is 0. The summed E-state index contributed by atoms with van der Waals surface area (Å²) in [4.78, 5) is 0. The van der Waals surface area contributed by atoms with Crippen LogP contribution >= 0.6 is 33.3 Å². The number of hydrogen-bond donors (Lipinski definition) is 0. The molecule has 0 atom stereocenters. The molecule has 0 unspecified atom stereocenters. The van der Waals surface area contributed by atoms with Crippen molar-refractivity contribution in [2.75, 3.05) is 3.76 Å². The van der Waals surface area contributed by atoms with E-state index in [1.165, 1.54) is 0 Å². The third-order valence-electron chi connectivity index (χ3n) is 0.130. The summed E-state index contributed by atoms with van der Waals surface area (Å²) in [6.45, 7) is 0. The fourth-order valence-corrected chi connectivity index (χ4v) is 0. The second-order valence-corrected chi connectivity index (χ2v) is 5.22. The summed E-state index contributed by atoms with van der Waals surface area (Å²) in [5.41, 5.74) is 0. The molecule has 0 N–H and O–H groups in total. The summed E-state index contributed by atoms with van der Waals surface area (Å²) in [6.07, 6.45) is 0. The highest BCUT2D eigenvalue weighted by Crippen LogP contribution is 1.99. The number of halogens is 2. The number of rotatable bonds is 1. The predicted octanol–water partition coefficient (Wildman–Crippen LogP) is 0.948. The van der Waals surface area contributed by atoms with E-state index in [1.807, 2.05) is 0 Å². The van der Waals surface area contributed by atoms with Crippen LogP contribution < -0.4 is 0 Å². The van der Waals surface area contributed by atoms with Crippen molar-refractivity contribution in [3.8, 4) is 0 Å². The predicted molar refractivity (Wildman–Crippen MR) is 33.7 cm³/mol. The number of alkyl halides is 1. The second-order valence-electron chi connectivity index (χ2n) is 0.648. The molecule has 2 nitrogen and oxygen atoms in total. The van der Waals surface area contributed by atoms with Gasteiger partial charge in [0.15, 0.2) is 0 Å². The van der Waals surface area contributed by atoms with E-state index in [0.717, 1.165) is 0 Å². The molecular formula is CH2ClIO2S. The van der Waals surface area contributed by atoms with Gasteiger partial charge in [-0.25, -0.2) is 8.42 Å². The molecule has 5 heteroatoms. The molecule has 0 rings (SSSR count). The van der Waals surface area contributed by atoms with Crippen LogP contribution in [0.25, 0.3) is 0 Å². The van der Waals surface area contributed by atoms with Crippen molar-refractivity contribution < 1.29 is 8.42 Å². The van der Waals surface area contributed by atoms with Crippen LogP contribution in [-0.4, -0.2) is 12.2 Å². The highest BCUT2D eigenvalue weighted by atomic mass is 127. The molecule has 0 aliphatic rings. The Morgan fingerprint density at radius 1 is 1.67 bits per heavy atom. The minimum atomic E-state index is -3.20. The van der Waals surface area contributed by atoms with E-state index < -0.39 is 9.05 Å². The van der Waals surface area contributed by atoms with Crippen LogP contribution in [0.4, 0.5) is 0 Å². The van der Waals surface area contributed by atoms with Gasteiger partial charge in [0.1, 0.15) is 3.76 Å². The molecule has 0 heterocycles. The molecule has 0 amide bonds. The van der Waals surface area contributed by atoms with Crippen LogP contribution in [0, 0.1) is 0 Å². The van der Waals surface area contributed by atoms with Crippen LogP contribution in [-0.2, 0) is 9.05 Å². The molecule has 0 aliphatic heterocycles. The van der Waals surface area contributed by atoms with Crippen molar-refractivity contribution in [3.05, 3.63) is 0 Å². The zero-order valence-electron chi connectivity index (χ0n) is 2.69. The summed E-state index contributed by atoms with van der Waals surface area (Å²) in [5, 5.41) is 0. The molecule has 0 aromatic carbocycles. The van der Waals surface area contributed by atoms with Crippen LogP contribution in [0.5, 0.6) is 0 Å². The lowest BCUT2D eigenvalue weighted by molar-refractivity contribution is 0.614. The highest BCUT2D eigenvalue weighted by molar-refractivity contribution is 14.1. The van der Waals surface area contributed by atoms with E-state index in [4.69, 9.17) is 0 Å². The molecule has 6 heavy (non-hydrogen) atoms. The van der Waals surface area contributed by atoms with E-state index in [1.54, 1.807) is 22.6 Å². The van der Waals surface area contributed by atoms with Gasteiger partial charge in [-0.2, -0.15) is 0 Å². The Morgan fingerprint density at radius 2 is 1.83 bits per heavy atom. The summed E-state index contributed by atoms with van der Waals surface area (Å²) in [7, 11) is 1.48. The van der Waals surface area contributed by atoms with Gasteiger partial charge in [-0.1, -0.05) is 22.6 Å². The molecule has 0 aromatic heterocycles. The van der Waals surface area contributed by atoms with Crippen molar-refractivity contribution in [2.24, 2.45) is 0 Å². The molecule has 0 fully saturated rings. The molecule has 0 radical (unpaired) electrons. The molecule has 0 spiro atoms. The van der Waals surface area contributed by atoms with Gasteiger partial charge < -0.3 is 0 Å². The van der Waals surface area contributed by atoms with E-state index in [0.29, 0.717) is 0 Å². The lowest BCUT2D eigenvalue weighted by Gasteiger charge is -1.75. The molecule has 38 valence electrons. The fraction of sp³-hybridized carbons (Fsp3) is 1.00. The van der Waals surface area contributed by atoms with Crippen LogP contribution in [0.2, 0.25) is 0 Å². The Morgan fingerprint density at radius 3 is 1.83 bits per heavy atom. The first-order valence-corrected chi connectivity index (χ1v) is 5.05. The minimum Gasteiger partial charge on any atom is -0.211 e. The zero-order valence-corrected chi connectivity index (χ0v) is 6.42. The van der Waals surface area contributed by atoms with Crippen LogP contribution in [0.15, 0.2) is 0 Å². The van der Waals surface area contributed by atoms with Crippen LogP contribution in [0.3, 0.4) is 0 Å². The molecule has 0 aromatic rings. The average Bonchev–Trinajstić information content (AvgIpc) is 1.35. The first-order valence-electron chi connectivity index (χ1n) is 1.04. The second kappa shape index (κ2) is 2.32. The Bertz CT molecular complexity index is 116. The molecule has 0 aliphatic carbocycles. The molecule has 0 saturated heterocycles. The van der Waals surface area contributed by atoms with Crippen molar-refractivity contribution in [1.29, 1.82) is 0 Å². The maximum atomic E-state index is 9.76. The zero-order chi connectivity index (χ0) is 5.21. The van der Waals surface area contributed by atoms with Crippen molar-refractivity contribution in [1.82, 2.24) is 0 Å². The lowest BCUT2D eigenvalue weighted by Crippen LogP contribution is -1.84. The maximum absolute atomic E-state index is 9.76. The summed E-state index contributed by atoms with van der Waals surface area (Å²) >= 11 is 1.67. The van der Waals surface area contributed by atoms with Crippen LogP contribution in [0.1, 0.15) is 0 Å².